The first-order valence-electron chi connectivity index (χ1n) is 11.0. The van der Waals surface area contributed by atoms with E-state index in [0.29, 0.717) is 0 Å². The second-order valence-corrected chi connectivity index (χ2v) is 8.34. The second-order valence-electron chi connectivity index (χ2n) is 8.34. The van der Waals surface area contributed by atoms with E-state index in [1.807, 2.05) is 0 Å². The van der Waals surface area contributed by atoms with Gasteiger partial charge in [-0.15, -0.1) is 0 Å². The van der Waals surface area contributed by atoms with Gasteiger partial charge in [-0.2, -0.15) is 0 Å². The van der Waals surface area contributed by atoms with Gasteiger partial charge in [-0.3, -0.25) is 24.2 Å². The summed E-state index contributed by atoms with van der Waals surface area (Å²) in [5.41, 5.74) is 16.1. The van der Waals surface area contributed by atoms with E-state index in [4.69, 9.17) is 22.3 Å². The Labute approximate surface area is 202 Å². The lowest BCUT2D eigenvalue weighted by Gasteiger charge is -2.28. The van der Waals surface area contributed by atoms with Crippen molar-refractivity contribution in [3.8, 4) is 0 Å². The number of rotatable bonds is 16. The van der Waals surface area contributed by atoms with Gasteiger partial charge in [0.1, 0.15) is 18.1 Å². The van der Waals surface area contributed by atoms with Gasteiger partial charge >= 0.3 is 11.9 Å². The van der Waals surface area contributed by atoms with Crippen molar-refractivity contribution in [1.29, 1.82) is 0 Å². The van der Waals surface area contributed by atoms with Crippen LogP contribution in [0, 0.1) is 5.92 Å². The number of carboxylic acid groups (broad SMARTS) is 2. The number of amides is 3. The summed E-state index contributed by atoms with van der Waals surface area (Å²) in [5.74, 6) is -5.62. The van der Waals surface area contributed by atoms with Crippen molar-refractivity contribution < 1.29 is 39.3 Å². The molecule has 0 heterocycles. The molecule has 0 saturated heterocycles. The Kier molecular flexibility index (Phi) is 13.9. The highest BCUT2D eigenvalue weighted by Crippen LogP contribution is 2.07. The van der Waals surface area contributed by atoms with Gasteiger partial charge in [-0.05, 0) is 32.1 Å². The minimum Gasteiger partial charge on any atom is -0.481 e. The highest BCUT2D eigenvalue weighted by molar-refractivity contribution is 5.94. The summed E-state index contributed by atoms with van der Waals surface area (Å²) in [4.78, 5) is 63.7. The van der Waals surface area contributed by atoms with Crippen molar-refractivity contribution in [3.63, 3.8) is 0 Å². The van der Waals surface area contributed by atoms with Crippen LogP contribution in [0.3, 0.4) is 0 Å². The van der Waals surface area contributed by atoms with Crippen LogP contribution in [0.25, 0.3) is 0 Å². The van der Waals surface area contributed by atoms with Crippen molar-refractivity contribution in [1.82, 2.24) is 16.0 Å². The van der Waals surface area contributed by atoms with Crippen LogP contribution in [0.15, 0.2) is 4.99 Å². The van der Waals surface area contributed by atoms with E-state index >= 15 is 0 Å². The number of nitrogens with zero attached hydrogens (tertiary/aromatic N) is 1. The molecule has 5 unspecified atom stereocenters. The Morgan fingerprint density at radius 2 is 1.40 bits per heavy atom. The Bertz CT molecular complexity index is 783. The molecule has 0 aliphatic carbocycles. The van der Waals surface area contributed by atoms with Crippen LogP contribution in [-0.2, 0) is 24.0 Å². The van der Waals surface area contributed by atoms with Crippen molar-refractivity contribution in [3.05, 3.63) is 0 Å². The normalized spacial score (nSPS) is 15.1. The lowest BCUT2D eigenvalue weighted by molar-refractivity contribution is -0.143. The van der Waals surface area contributed by atoms with Crippen molar-refractivity contribution >= 4 is 35.6 Å². The summed E-state index contributed by atoms with van der Waals surface area (Å²) >= 11 is 0. The molecule has 0 radical (unpaired) electrons. The molecule has 0 bridgehead atoms. The average Bonchev–Trinajstić information content (AvgIpc) is 2.74. The molecule has 15 nitrogen and oxygen atoms in total. The first-order chi connectivity index (χ1) is 16.2. The molecular weight excluding hydrogens is 466 g/mol. The van der Waals surface area contributed by atoms with Crippen LogP contribution in [0.1, 0.15) is 46.5 Å². The zero-order valence-corrected chi connectivity index (χ0v) is 20.1. The van der Waals surface area contributed by atoms with E-state index in [-0.39, 0.29) is 38.2 Å². The van der Waals surface area contributed by atoms with Gasteiger partial charge in [0.25, 0.3) is 0 Å². The van der Waals surface area contributed by atoms with Crippen LogP contribution in [0.5, 0.6) is 0 Å². The van der Waals surface area contributed by atoms with Gasteiger partial charge in [0, 0.05) is 13.0 Å². The molecular formula is C20H37N7O8. The van der Waals surface area contributed by atoms with Gasteiger partial charge in [0.2, 0.25) is 17.7 Å². The SMILES string of the molecule is CC(C)C(NC(=O)C(N)CCC(=O)O)C(=O)NC(C(=O)NC(CCCN=C(N)N)C(=O)O)C(C)O. The summed E-state index contributed by atoms with van der Waals surface area (Å²) in [6.45, 7) is 4.59. The molecule has 12 N–H and O–H groups in total. The number of nitrogens with one attached hydrogen (secondary N) is 3. The molecule has 0 aromatic rings. The largest absolute Gasteiger partial charge is 0.481 e. The number of nitrogens with two attached hydrogens (primary N) is 3. The van der Waals surface area contributed by atoms with Crippen LogP contribution in [-0.4, -0.2) is 87.8 Å². The number of hydrogen-bond acceptors (Lipinski definition) is 8. The van der Waals surface area contributed by atoms with Crippen molar-refractivity contribution in [2.24, 2.45) is 28.1 Å². The van der Waals surface area contributed by atoms with E-state index in [0.717, 1.165) is 0 Å². The topological polar surface area (TPSA) is 273 Å². The second kappa shape index (κ2) is 15.4. The lowest BCUT2D eigenvalue weighted by Crippen LogP contribution is -2.60. The number of aliphatic hydroxyl groups is 1. The van der Waals surface area contributed by atoms with Gasteiger partial charge in [0.05, 0.1) is 12.1 Å². The van der Waals surface area contributed by atoms with E-state index in [9.17, 15) is 34.2 Å². The molecule has 0 aromatic carbocycles. The fraction of sp³-hybridized carbons (Fsp3) is 0.700. The first kappa shape index (κ1) is 31.5. The number of carbonyl (C=O) groups is 5. The average molecular weight is 504 g/mol. The lowest BCUT2D eigenvalue weighted by atomic mass is 10.0. The number of aliphatic carboxylic acids is 2. The van der Waals surface area contributed by atoms with Crippen molar-refractivity contribution in [2.45, 2.75) is 76.7 Å². The number of aliphatic imine (C=N–C) groups is 1. The summed E-state index contributed by atoms with van der Waals surface area (Å²) in [7, 11) is 0. The number of carbonyl (C=O) groups excluding carboxylic acids is 3. The molecule has 0 fully saturated rings. The Morgan fingerprint density at radius 1 is 0.857 bits per heavy atom. The molecule has 0 aliphatic heterocycles. The van der Waals surface area contributed by atoms with Crippen LogP contribution in [0.4, 0.5) is 0 Å². The Hall–Kier alpha value is -3.46. The van der Waals surface area contributed by atoms with Gasteiger partial charge in [-0.25, -0.2) is 4.79 Å². The van der Waals surface area contributed by atoms with Crippen LogP contribution in [0.2, 0.25) is 0 Å². The summed E-state index contributed by atoms with van der Waals surface area (Å²) in [6, 6.07) is -5.20. The molecule has 0 aromatic heterocycles. The third kappa shape index (κ3) is 12.5. The van der Waals surface area contributed by atoms with Crippen molar-refractivity contribution in [2.75, 3.05) is 6.54 Å². The minimum absolute atomic E-state index is 0.0166. The predicted molar refractivity (Wildman–Crippen MR) is 125 cm³/mol. The number of aliphatic hydroxyl groups excluding tert-OH is 1. The van der Waals surface area contributed by atoms with E-state index < -0.39 is 65.8 Å². The van der Waals surface area contributed by atoms with E-state index in [1.54, 1.807) is 13.8 Å². The predicted octanol–water partition coefficient (Wildman–Crippen LogP) is -3.19. The minimum atomic E-state index is -1.53. The molecule has 3 amide bonds. The molecule has 5 atom stereocenters. The summed E-state index contributed by atoms with van der Waals surface area (Å²) in [5, 5.41) is 35.1. The summed E-state index contributed by atoms with van der Waals surface area (Å²) < 4.78 is 0. The Morgan fingerprint density at radius 3 is 1.86 bits per heavy atom. The third-order valence-electron chi connectivity index (χ3n) is 4.88. The molecule has 15 heteroatoms. The molecule has 0 spiro atoms. The first-order valence-corrected chi connectivity index (χ1v) is 11.0. The smallest absolute Gasteiger partial charge is 0.326 e. The quantitative estimate of drug-likeness (QED) is 0.0574. The van der Waals surface area contributed by atoms with Gasteiger partial charge < -0.3 is 48.5 Å². The van der Waals surface area contributed by atoms with E-state index in [2.05, 4.69) is 20.9 Å². The third-order valence-corrected chi connectivity index (χ3v) is 4.88. The Balaban J connectivity index is 5.28. The van der Waals surface area contributed by atoms with Crippen LogP contribution >= 0.6 is 0 Å². The fourth-order valence-electron chi connectivity index (χ4n) is 2.88. The standard InChI is InChI=1S/C20H37N7O8/c1-9(2)14(26-16(31)11(21)6-7-13(29)30)17(32)27-15(10(3)28)18(33)25-12(19(34)35)5-4-8-24-20(22)23/h9-12,14-15,28H,4-8,21H2,1-3H3,(H,25,33)(H,26,31)(H,27,32)(H,29,30)(H,34,35)(H4,22,23,24). The fourth-order valence-corrected chi connectivity index (χ4v) is 2.88. The number of hydrogen-bond donors (Lipinski definition) is 9. The van der Waals surface area contributed by atoms with Gasteiger partial charge in [-0.1, -0.05) is 13.8 Å². The van der Waals surface area contributed by atoms with E-state index in [1.165, 1.54) is 6.92 Å². The van der Waals surface area contributed by atoms with Gasteiger partial charge in [0.15, 0.2) is 5.96 Å². The molecule has 200 valence electrons. The molecule has 35 heavy (non-hydrogen) atoms. The maximum Gasteiger partial charge on any atom is 0.326 e. The monoisotopic (exact) mass is 503 g/mol. The highest BCUT2D eigenvalue weighted by Gasteiger charge is 2.33. The maximum atomic E-state index is 12.8. The zero-order chi connectivity index (χ0) is 27.3. The number of guanidine groups is 1. The summed E-state index contributed by atoms with van der Waals surface area (Å²) in [6.07, 6.45) is -1.67. The zero-order valence-electron chi connectivity index (χ0n) is 20.1. The van der Waals surface area contributed by atoms with Crippen LogP contribution < -0.4 is 33.2 Å². The number of carboxylic acids is 2. The molecule has 0 aliphatic rings. The maximum absolute atomic E-state index is 12.8. The highest BCUT2D eigenvalue weighted by atomic mass is 16.4. The molecule has 0 saturated carbocycles. The molecule has 0 rings (SSSR count).